The van der Waals surface area contributed by atoms with Crippen molar-refractivity contribution in [3.8, 4) is 5.75 Å². The molecule has 0 heterocycles. The van der Waals surface area contributed by atoms with Gasteiger partial charge in [0, 0.05) is 22.3 Å². The van der Waals surface area contributed by atoms with Crippen molar-refractivity contribution in [2.24, 2.45) is 22.7 Å². The van der Waals surface area contributed by atoms with Crippen LogP contribution in [-0.2, 0) is 16.0 Å². The Hall–Kier alpha value is -2.93. The van der Waals surface area contributed by atoms with Crippen LogP contribution in [0.15, 0.2) is 34.8 Å². The van der Waals surface area contributed by atoms with E-state index < -0.39 is 51.0 Å². The van der Waals surface area contributed by atoms with Gasteiger partial charge >= 0.3 is 0 Å². The Balaban J connectivity index is 1.78. The summed E-state index contributed by atoms with van der Waals surface area (Å²) in [5.74, 6) is -4.57. The minimum absolute atomic E-state index is 0.0961. The maximum Gasteiger partial charge on any atom is 0.209 e. The summed E-state index contributed by atoms with van der Waals surface area (Å²) < 4.78 is 0. The van der Waals surface area contributed by atoms with Gasteiger partial charge in [0.1, 0.15) is 22.8 Å². The molecule has 4 aliphatic carbocycles. The van der Waals surface area contributed by atoms with E-state index in [1.54, 1.807) is 6.92 Å². The molecule has 0 spiro atoms. The van der Waals surface area contributed by atoms with E-state index in [4.69, 9.17) is 0 Å². The van der Waals surface area contributed by atoms with Crippen molar-refractivity contribution in [1.29, 1.82) is 0 Å². The lowest BCUT2D eigenvalue weighted by molar-refractivity contribution is -0.171. The fourth-order valence-corrected chi connectivity index (χ4v) is 8.55. The Labute approximate surface area is 223 Å². The minimum atomic E-state index is -2.58. The molecule has 0 aliphatic heterocycles. The second-order valence-electron chi connectivity index (χ2n) is 12.8. The molecular formula is C31H38O7. The number of allylic oxidation sites excluding steroid dienone is 2. The van der Waals surface area contributed by atoms with Crippen LogP contribution in [0.5, 0.6) is 5.75 Å². The van der Waals surface area contributed by atoms with Crippen molar-refractivity contribution < 1.29 is 34.8 Å². The van der Waals surface area contributed by atoms with Gasteiger partial charge in [-0.1, -0.05) is 53.0 Å². The highest BCUT2D eigenvalue weighted by Gasteiger charge is 2.71. The van der Waals surface area contributed by atoms with Gasteiger partial charge in [-0.25, -0.2) is 0 Å². The first-order valence-corrected chi connectivity index (χ1v) is 13.8. The van der Waals surface area contributed by atoms with Crippen LogP contribution in [0.1, 0.15) is 101 Å². The maximum atomic E-state index is 14.1. The van der Waals surface area contributed by atoms with E-state index in [1.807, 2.05) is 26.8 Å². The van der Waals surface area contributed by atoms with Crippen LogP contribution >= 0.6 is 0 Å². The summed E-state index contributed by atoms with van der Waals surface area (Å²) in [6.45, 7) is 8.31. The number of fused-ring (bicyclic) bond motifs is 3. The van der Waals surface area contributed by atoms with Crippen LogP contribution in [-0.4, -0.2) is 43.4 Å². The average Bonchev–Trinajstić information content (AvgIpc) is 2.81. The lowest BCUT2D eigenvalue weighted by atomic mass is 9.44. The van der Waals surface area contributed by atoms with Crippen molar-refractivity contribution in [2.75, 3.05) is 0 Å². The minimum Gasteiger partial charge on any atom is -0.511 e. The number of phenols is 1. The summed E-state index contributed by atoms with van der Waals surface area (Å²) in [7, 11) is 0. The van der Waals surface area contributed by atoms with Gasteiger partial charge in [0.25, 0.3) is 0 Å². The number of hydrogen-bond acceptors (Lipinski definition) is 7. The third kappa shape index (κ3) is 3.26. The van der Waals surface area contributed by atoms with Gasteiger partial charge in [0.05, 0.1) is 5.56 Å². The highest BCUT2D eigenvalue weighted by Crippen LogP contribution is 2.65. The fourth-order valence-electron chi connectivity index (χ4n) is 8.55. The molecule has 1 saturated carbocycles. The SMILES string of the molecule is CC(=O)C1=C(O)C(C(C)C)[C@@]2(C)C[C@@]3(C)Cc4c(C5CCCCC5)ccc(O)c4C(=O)C3=C(O)[C@@]2(O)C1=O. The first-order valence-electron chi connectivity index (χ1n) is 13.8. The second-order valence-corrected chi connectivity index (χ2v) is 12.8. The number of carbonyl (C=O) groups is 3. The van der Waals surface area contributed by atoms with Gasteiger partial charge in [0.15, 0.2) is 17.2 Å². The van der Waals surface area contributed by atoms with Crippen LogP contribution in [0.2, 0.25) is 0 Å². The molecule has 0 amide bonds. The largest absolute Gasteiger partial charge is 0.511 e. The van der Waals surface area contributed by atoms with Gasteiger partial charge in [-0.15, -0.1) is 0 Å². The molecule has 0 radical (unpaired) electrons. The molecular weight excluding hydrogens is 484 g/mol. The number of phenolic OH excluding ortho intramolecular Hbond substituents is 1. The summed E-state index contributed by atoms with van der Waals surface area (Å²) in [4.78, 5) is 40.3. The van der Waals surface area contributed by atoms with Gasteiger partial charge < -0.3 is 20.4 Å². The standard InChI is InChI=1S/C31H38O7/c1-15(2)23-25(34)21(16(3)32)27(36)31(38)28(37)24-26(35)22-19(13-29(24,4)14-30(23,31)5)18(11-12-20(22)33)17-9-7-6-8-10-17/h11-12,15,17,23,33-34,37-38H,6-10,13-14H2,1-5H3/t23?,29-,30-,31+/m1/s1. The van der Waals surface area contributed by atoms with Crippen molar-refractivity contribution in [3.05, 3.63) is 51.5 Å². The Bertz CT molecular complexity index is 1330. The zero-order valence-electron chi connectivity index (χ0n) is 22.9. The third-order valence-electron chi connectivity index (χ3n) is 9.97. The highest BCUT2D eigenvalue weighted by molar-refractivity contribution is 6.25. The van der Waals surface area contributed by atoms with Crippen molar-refractivity contribution in [3.63, 3.8) is 0 Å². The fraction of sp³-hybridized carbons (Fsp3) is 0.581. The van der Waals surface area contributed by atoms with Crippen LogP contribution in [0.25, 0.3) is 0 Å². The van der Waals surface area contributed by atoms with Crippen LogP contribution < -0.4 is 0 Å². The van der Waals surface area contributed by atoms with Crippen molar-refractivity contribution in [2.45, 2.75) is 91.1 Å². The summed E-state index contributed by atoms with van der Waals surface area (Å²) in [5, 5.41) is 45.9. The number of rotatable bonds is 3. The number of aliphatic hydroxyl groups is 3. The predicted molar refractivity (Wildman–Crippen MR) is 141 cm³/mol. The molecule has 4 atom stereocenters. The quantitative estimate of drug-likeness (QED) is 0.391. The Morgan fingerprint density at radius 1 is 1.03 bits per heavy atom. The molecule has 1 aromatic rings. The van der Waals surface area contributed by atoms with E-state index in [2.05, 4.69) is 0 Å². The lowest BCUT2D eigenvalue weighted by Gasteiger charge is -2.59. The van der Waals surface area contributed by atoms with E-state index in [9.17, 15) is 34.8 Å². The number of aromatic hydroxyl groups is 1. The monoisotopic (exact) mass is 522 g/mol. The average molecular weight is 523 g/mol. The maximum absolute atomic E-state index is 14.1. The molecule has 4 aliphatic rings. The summed E-state index contributed by atoms with van der Waals surface area (Å²) in [6.07, 6.45) is 5.84. The summed E-state index contributed by atoms with van der Waals surface area (Å²) >= 11 is 0. The topological polar surface area (TPSA) is 132 Å². The number of ketones is 3. The van der Waals surface area contributed by atoms with E-state index >= 15 is 0 Å². The molecule has 38 heavy (non-hydrogen) atoms. The molecule has 0 aromatic heterocycles. The number of hydrogen-bond donors (Lipinski definition) is 4. The number of carbonyl (C=O) groups excluding carboxylic acids is 3. The zero-order valence-corrected chi connectivity index (χ0v) is 22.9. The van der Waals surface area contributed by atoms with E-state index in [0.29, 0.717) is 6.42 Å². The molecule has 4 N–H and O–H groups in total. The van der Waals surface area contributed by atoms with Crippen LogP contribution in [0.3, 0.4) is 0 Å². The normalized spacial score (nSPS) is 33.8. The second kappa shape index (κ2) is 8.54. The van der Waals surface area contributed by atoms with Crippen LogP contribution in [0.4, 0.5) is 0 Å². The predicted octanol–water partition coefficient (Wildman–Crippen LogP) is 5.39. The molecule has 1 fully saturated rings. The first kappa shape index (κ1) is 26.7. The number of benzene rings is 1. The molecule has 0 saturated heterocycles. The van der Waals surface area contributed by atoms with Crippen LogP contribution in [0, 0.1) is 22.7 Å². The molecule has 1 aromatic carbocycles. The first-order chi connectivity index (χ1) is 17.7. The Morgan fingerprint density at radius 2 is 1.66 bits per heavy atom. The molecule has 7 heteroatoms. The Kier molecular flexibility index (Phi) is 5.99. The molecule has 0 bridgehead atoms. The molecule has 5 rings (SSSR count). The van der Waals surface area contributed by atoms with Gasteiger partial charge in [-0.2, -0.15) is 0 Å². The molecule has 7 nitrogen and oxygen atoms in total. The smallest absolute Gasteiger partial charge is 0.209 e. The van der Waals surface area contributed by atoms with E-state index in [1.165, 1.54) is 12.5 Å². The number of aliphatic hydroxyl groups excluding tert-OH is 2. The van der Waals surface area contributed by atoms with E-state index in [-0.39, 0.29) is 40.9 Å². The lowest BCUT2D eigenvalue weighted by Crippen LogP contribution is -2.67. The third-order valence-corrected chi connectivity index (χ3v) is 9.97. The van der Waals surface area contributed by atoms with Gasteiger partial charge in [0.2, 0.25) is 5.78 Å². The van der Waals surface area contributed by atoms with Crippen molar-refractivity contribution in [1.82, 2.24) is 0 Å². The zero-order chi connectivity index (χ0) is 27.9. The van der Waals surface area contributed by atoms with E-state index in [0.717, 1.165) is 43.7 Å². The number of Topliss-reactive ketones (excluding diaryl/α,β-unsaturated/α-hetero) is 3. The molecule has 1 unspecified atom stereocenters. The Morgan fingerprint density at radius 3 is 2.24 bits per heavy atom. The molecule has 204 valence electrons. The van der Waals surface area contributed by atoms with Gasteiger partial charge in [-0.05, 0) is 61.6 Å². The summed E-state index contributed by atoms with van der Waals surface area (Å²) in [6, 6.07) is 3.43. The van der Waals surface area contributed by atoms with Gasteiger partial charge in [-0.3, -0.25) is 14.4 Å². The van der Waals surface area contributed by atoms with Crippen molar-refractivity contribution >= 4 is 17.3 Å². The highest BCUT2D eigenvalue weighted by atomic mass is 16.3. The summed E-state index contributed by atoms with van der Waals surface area (Å²) in [5.41, 5.74) is -3.66.